The van der Waals surface area contributed by atoms with Crippen LogP contribution in [0.15, 0.2) is 23.1 Å². The summed E-state index contributed by atoms with van der Waals surface area (Å²) in [6.07, 6.45) is -4.91. The molecule has 0 saturated heterocycles. The Balaban J connectivity index is 3.54. The van der Waals surface area contributed by atoms with Crippen LogP contribution in [-0.2, 0) is 21.0 Å². The fourth-order valence-corrected chi connectivity index (χ4v) is 3.74. The number of nitrogens with zero attached hydrogens (tertiary/aromatic N) is 1. The van der Waals surface area contributed by atoms with Crippen LogP contribution in [0.1, 0.15) is 19.4 Å². The molecule has 124 valence electrons. The number of halogens is 4. The van der Waals surface area contributed by atoms with E-state index in [4.69, 9.17) is 17.3 Å². The van der Waals surface area contributed by atoms with Crippen LogP contribution in [0, 0.1) is 0 Å². The number of alkyl halides is 3. The molecule has 0 atom stereocenters. The lowest BCUT2D eigenvalue weighted by Crippen LogP contribution is -2.43. The number of carbonyl (C=O) groups excluding carboxylic acids is 1. The first-order valence-electron chi connectivity index (χ1n) is 6.04. The molecule has 5 nitrogen and oxygen atoms in total. The van der Waals surface area contributed by atoms with Gasteiger partial charge in [0, 0.05) is 11.1 Å². The largest absolute Gasteiger partial charge is 0.417 e. The highest BCUT2D eigenvalue weighted by Crippen LogP contribution is 2.37. The van der Waals surface area contributed by atoms with Gasteiger partial charge < -0.3 is 5.73 Å². The molecule has 1 amide bonds. The van der Waals surface area contributed by atoms with Crippen LogP contribution < -0.4 is 5.73 Å². The zero-order valence-electron chi connectivity index (χ0n) is 11.7. The molecule has 0 spiro atoms. The number of sulfonamides is 1. The zero-order chi connectivity index (χ0) is 17.3. The van der Waals surface area contributed by atoms with Crippen molar-refractivity contribution in [1.82, 2.24) is 4.31 Å². The highest BCUT2D eigenvalue weighted by Gasteiger charge is 2.40. The second-order valence-electron chi connectivity index (χ2n) is 4.75. The lowest BCUT2D eigenvalue weighted by molar-refractivity contribution is -0.139. The third-order valence-electron chi connectivity index (χ3n) is 2.72. The maximum atomic E-state index is 13.1. The van der Waals surface area contributed by atoms with Gasteiger partial charge in [0.1, 0.15) is 0 Å². The molecule has 0 unspecified atom stereocenters. The van der Waals surface area contributed by atoms with E-state index in [1.54, 1.807) is 0 Å². The smallest absolute Gasteiger partial charge is 0.369 e. The molecule has 0 saturated carbocycles. The summed E-state index contributed by atoms with van der Waals surface area (Å²) in [7, 11) is -4.57. The van der Waals surface area contributed by atoms with Crippen molar-refractivity contribution in [1.29, 1.82) is 0 Å². The molecule has 2 N–H and O–H groups in total. The third-order valence-corrected chi connectivity index (χ3v) is 5.04. The monoisotopic (exact) mass is 358 g/mol. The Kier molecular flexibility index (Phi) is 5.47. The second-order valence-corrected chi connectivity index (χ2v) is 7.04. The summed E-state index contributed by atoms with van der Waals surface area (Å²) >= 11 is 5.52. The van der Waals surface area contributed by atoms with E-state index < -0.39 is 45.2 Å². The number of carbonyl (C=O) groups is 1. The average Bonchev–Trinajstić information content (AvgIpc) is 2.33. The van der Waals surface area contributed by atoms with E-state index >= 15 is 0 Å². The first-order chi connectivity index (χ1) is 9.87. The van der Waals surface area contributed by atoms with Crippen molar-refractivity contribution in [2.24, 2.45) is 5.73 Å². The molecule has 0 bridgehead atoms. The molecule has 0 fully saturated rings. The summed E-state index contributed by atoms with van der Waals surface area (Å²) in [6, 6.07) is 1.56. The SMILES string of the molecule is CC(C)N(CC(N)=O)S(=O)(=O)c1ccc(Cl)cc1C(F)(F)F. The van der Waals surface area contributed by atoms with Crippen molar-refractivity contribution >= 4 is 27.5 Å². The lowest BCUT2D eigenvalue weighted by atomic mass is 10.2. The Morgan fingerprint density at radius 3 is 2.32 bits per heavy atom. The van der Waals surface area contributed by atoms with E-state index in [1.165, 1.54) is 13.8 Å². The first kappa shape index (κ1) is 18.7. The van der Waals surface area contributed by atoms with E-state index in [-0.39, 0.29) is 5.02 Å². The van der Waals surface area contributed by atoms with Crippen molar-refractivity contribution in [2.45, 2.75) is 31.0 Å². The summed E-state index contributed by atoms with van der Waals surface area (Å²) in [6.45, 7) is 2.12. The van der Waals surface area contributed by atoms with Gasteiger partial charge in [-0.15, -0.1) is 0 Å². The van der Waals surface area contributed by atoms with Crippen LogP contribution in [0.3, 0.4) is 0 Å². The molecule has 0 aliphatic heterocycles. The van der Waals surface area contributed by atoms with Gasteiger partial charge in [-0.2, -0.15) is 17.5 Å². The molecule has 0 aliphatic carbocycles. The van der Waals surface area contributed by atoms with E-state index in [9.17, 15) is 26.4 Å². The number of hydrogen-bond donors (Lipinski definition) is 1. The average molecular weight is 359 g/mol. The molecular formula is C12H14ClF3N2O3S. The molecule has 1 aromatic rings. The van der Waals surface area contributed by atoms with Gasteiger partial charge in [0.05, 0.1) is 17.0 Å². The van der Waals surface area contributed by atoms with Crippen molar-refractivity contribution < 1.29 is 26.4 Å². The molecule has 10 heteroatoms. The number of hydrogen-bond acceptors (Lipinski definition) is 3. The Morgan fingerprint density at radius 2 is 1.91 bits per heavy atom. The van der Waals surface area contributed by atoms with Crippen LogP contribution >= 0.6 is 11.6 Å². The summed E-state index contributed by atoms with van der Waals surface area (Å²) in [5.41, 5.74) is 3.57. The third kappa shape index (κ3) is 4.11. The van der Waals surface area contributed by atoms with Gasteiger partial charge >= 0.3 is 6.18 Å². The minimum Gasteiger partial charge on any atom is -0.369 e. The van der Waals surface area contributed by atoms with Crippen LogP contribution in [0.5, 0.6) is 0 Å². The predicted molar refractivity (Wildman–Crippen MR) is 74.7 cm³/mol. The van der Waals surface area contributed by atoms with Gasteiger partial charge in [-0.3, -0.25) is 4.79 Å². The maximum Gasteiger partial charge on any atom is 0.417 e. The summed E-state index contributed by atoms with van der Waals surface area (Å²) in [5, 5.41) is -0.253. The van der Waals surface area contributed by atoms with E-state index in [0.717, 1.165) is 12.1 Å². The topological polar surface area (TPSA) is 80.5 Å². The number of amides is 1. The Hall–Kier alpha value is -1.32. The summed E-state index contributed by atoms with van der Waals surface area (Å²) in [5.74, 6) is -0.972. The Labute approximate surface area is 130 Å². The normalized spacial score (nSPS) is 12.9. The van der Waals surface area contributed by atoms with Gasteiger partial charge in [0.2, 0.25) is 15.9 Å². The number of nitrogens with two attached hydrogens (primary N) is 1. The summed E-state index contributed by atoms with van der Waals surface area (Å²) in [4.78, 5) is 10.0. The highest BCUT2D eigenvalue weighted by atomic mass is 35.5. The molecule has 0 aliphatic rings. The van der Waals surface area contributed by atoms with Crippen LogP contribution in [0.4, 0.5) is 13.2 Å². The molecule has 0 radical (unpaired) electrons. The summed E-state index contributed by atoms with van der Waals surface area (Å²) < 4.78 is 64.7. The van der Waals surface area contributed by atoms with Crippen LogP contribution in [-0.4, -0.2) is 31.2 Å². The van der Waals surface area contributed by atoms with Crippen molar-refractivity contribution in [3.05, 3.63) is 28.8 Å². The molecule has 0 aromatic heterocycles. The lowest BCUT2D eigenvalue weighted by Gasteiger charge is -2.26. The fourth-order valence-electron chi connectivity index (χ4n) is 1.77. The standard InChI is InChI=1S/C12H14ClF3N2O3S/c1-7(2)18(6-11(17)19)22(20,21)10-4-3-8(13)5-9(10)12(14,15)16/h3-5,7H,6H2,1-2H3,(H2,17,19). The molecule has 22 heavy (non-hydrogen) atoms. The minimum atomic E-state index is -4.91. The predicted octanol–water partition coefficient (Wildman–Crippen LogP) is 2.24. The second kappa shape index (κ2) is 6.43. The Morgan fingerprint density at radius 1 is 1.36 bits per heavy atom. The van der Waals surface area contributed by atoms with E-state index in [2.05, 4.69) is 0 Å². The number of primary amides is 1. The molecule has 1 aromatic carbocycles. The van der Waals surface area contributed by atoms with Crippen molar-refractivity contribution in [3.63, 3.8) is 0 Å². The van der Waals surface area contributed by atoms with Crippen molar-refractivity contribution in [2.75, 3.05) is 6.54 Å². The van der Waals surface area contributed by atoms with Crippen molar-refractivity contribution in [3.8, 4) is 0 Å². The fraction of sp³-hybridized carbons (Fsp3) is 0.417. The molecule has 1 rings (SSSR count). The highest BCUT2D eigenvalue weighted by molar-refractivity contribution is 7.89. The van der Waals surface area contributed by atoms with Gasteiger partial charge in [-0.05, 0) is 32.0 Å². The van der Waals surface area contributed by atoms with Gasteiger partial charge in [0.25, 0.3) is 0 Å². The van der Waals surface area contributed by atoms with Crippen LogP contribution in [0.25, 0.3) is 0 Å². The minimum absolute atomic E-state index is 0.253. The van der Waals surface area contributed by atoms with Crippen LogP contribution in [0.2, 0.25) is 5.02 Å². The number of benzene rings is 1. The van der Waals surface area contributed by atoms with Gasteiger partial charge in [0.15, 0.2) is 0 Å². The Bertz CT molecular complexity index is 675. The van der Waals surface area contributed by atoms with E-state index in [1.807, 2.05) is 0 Å². The quantitative estimate of drug-likeness (QED) is 0.876. The van der Waals surface area contributed by atoms with Gasteiger partial charge in [-0.25, -0.2) is 8.42 Å². The number of rotatable bonds is 5. The van der Waals surface area contributed by atoms with E-state index in [0.29, 0.717) is 10.4 Å². The maximum absolute atomic E-state index is 13.1. The zero-order valence-corrected chi connectivity index (χ0v) is 13.3. The van der Waals surface area contributed by atoms with Gasteiger partial charge in [-0.1, -0.05) is 11.6 Å². The first-order valence-corrected chi connectivity index (χ1v) is 7.86. The molecule has 0 heterocycles. The molecular weight excluding hydrogens is 345 g/mol.